The predicted molar refractivity (Wildman–Crippen MR) is 110 cm³/mol. The fourth-order valence-corrected chi connectivity index (χ4v) is 8.23. The lowest BCUT2D eigenvalue weighted by Crippen LogP contribution is -2.64. The molecule has 0 bridgehead atoms. The second kappa shape index (κ2) is 7.20. The van der Waals surface area contributed by atoms with Crippen LogP contribution in [-0.4, -0.2) is 50.3 Å². The van der Waals surface area contributed by atoms with Crippen LogP contribution < -0.4 is 0 Å². The third-order valence-corrected chi connectivity index (χ3v) is 9.80. The summed E-state index contributed by atoms with van der Waals surface area (Å²) >= 11 is 0. The lowest BCUT2D eigenvalue weighted by Gasteiger charge is -2.59. The van der Waals surface area contributed by atoms with Gasteiger partial charge in [-0.1, -0.05) is 20.8 Å². The van der Waals surface area contributed by atoms with Crippen LogP contribution in [0.25, 0.3) is 0 Å². The Kier molecular flexibility index (Phi) is 5.25. The monoisotopic (exact) mass is 434 g/mol. The molecule has 31 heavy (non-hydrogen) atoms. The predicted octanol–water partition coefficient (Wildman–Crippen LogP) is 2.16. The van der Waals surface area contributed by atoms with E-state index in [1.54, 1.807) is 13.8 Å². The van der Waals surface area contributed by atoms with Crippen molar-refractivity contribution < 1.29 is 34.5 Å². The SMILES string of the molecule is CC1C[C@H]2[C@@H]3CCC4CC(=O)CC[C@]4(C)[C@H]3C(=O)C[C@]2(C)[C@@]1(O)C(=O)C(O)CC(=O)O. The minimum absolute atomic E-state index is 0.0293. The zero-order valence-electron chi connectivity index (χ0n) is 18.6. The van der Waals surface area contributed by atoms with Crippen molar-refractivity contribution in [3.05, 3.63) is 0 Å². The highest BCUT2D eigenvalue weighted by molar-refractivity contribution is 5.96. The summed E-state index contributed by atoms with van der Waals surface area (Å²) in [5.41, 5.74) is -3.20. The molecule has 9 atom stereocenters. The van der Waals surface area contributed by atoms with Gasteiger partial charge in [0.2, 0.25) is 0 Å². The molecule has 4 rings (SSSR count). The zero-order valence-corrected chi connectivity index (χ0v) is 18.6. The molecule has 7 nitrogen and oxygen atoms in total. The lowest BCUT2D eigenvalue weighted by atomic mass is 9.44. The molecular weight excluding hydrogens is 400 g/mol. The number of ketones is 3. The van der Waals surface area contributed by atoms with Crippen molar-refractivity contribution in [2.24, 2.45) is 40.4 Å². The summed E-state index contributed by atoms with van der Waals surface area (Å²) in [7, 11) is 0. The molecule has 0 heterocycles. The van der Waals surface area contributed by atoms with E-state index in [2.05, 4.69) is 6.92 Å². The van der Waals surface area contributed by atoms with Gasteiger partial charge in [0.05, 0.1) is 6.42 Å². The van der Waals surface area contributed by atoms with E-state index < -0.39 is 41.2 Å². The van der Waals surface area contributed by atoms with E-state index in [-0.39, 0.29) is 47.1 Å². The number of aliphatic hydroxyl groups excluding tert-OH is 1. The van der Waals surface area contributed by atoms with E-state index in [9.17, 15) is 29.4 Å². The normalized spacial score (nSPS) is 47.8. The third kappa shape index (κ3) is 2.99. The van der Waals surface area contributed by atoms with Gasteiger partial charge in [-0.25, -0.2) is 0 Å². The van der Waals surface area contributed by atoms with Gasteiger partial charge in [-0.15, -0.1) is 0 Å². The van der Waals surface area contributed by atoms with Crippen LogP contribution in [-0.2, 0) is 19.2 Å². The molecular formula is C24H34O7. The number of carbonyl (C=O) groups excluding carboxylic acids is 3. The Hall–Kier alpha value is -1.60. The molecule has 3 unspecified atom stereocenters. The highest BCUT2D eigenvalue weighted by Gasteiger charge is 2.71. The van der Waals surface area contributed by atoms with Crippen molar-refractivity contribution in [1.29, 1.82) is 0 Å². The van der Waals surface area contributed by atoms with Crippen LogP contribution in [0.4, 0.5) is 0 Å². The number of Topliss-reactive ketones (excluding diaryl/α,β-unsaturated/α-hetero) is 3. The quantitative estimate of drug-likeness (QED) is 0.618. The summed E-state index contributed by atoms with van der Waals surface area (Å²) in [5, 5.41) is 31.0. The number of carbonyl (C=O) groups is 4. The highest BCUT2D eigenvalue weighted by Crippen LogP contribution is 2.68. The van der Waals surface area contributed by atoms with Gasteiger partial charge in [0.15, 0.2) is 5.78 Å². The van der Waals surface area contributed by atoms with Gasteiger partial charge in [-0.05, 0) is 54.8 Å². The second-order valence-electron chi connectivity index (χ2n) is 11.2. The first-order valence-corrected chi connectivity index (χ1v) is 11.6. The van der Waals surface area contributed by atoms with Crippen LogP contribution in [0.15, 0.2) is 0 Å². The first kappa shape index (κ1) is 22.6. The Bertz CT molecular complexity index is 836. The highest BCUT2D eigenvalue weighted by atomic mass is 16.4. The summed E-state index contributed by atoms with van der Waals surface area (Å²) in [5.74, 6) is -2.35. The van der Waals surface area contributed by atoms with E-state index in [1.165, 1.54) is 0 Å². The van der Waals surface area contributed by atoms with Gasteiger partial charge >= 0.3 is 5.97 Å². The number of aliphatic carboxylic acids is 1. The third-order valence-electron chi connectivity index (χ3n) is 9.80. The maximum absolute atomic E-state index is 13.6. The molecule has 7 heteroatoms. The topological polar surface area (TPSA) is 129 Å². The molecule has 172 valence electrons. The molecule has 3 N–H and O–H groups in total. The van der Waals surface area contributed by atoms with Crippen LogP contribution in [0.2, 0.25) is 0 Å². The number of carboxylic acids is 1. The van der Waals surface area contributed by atoms with Gasteiger partial charge in [0, 0.05) is 30.6 Å². The minimum Gasteiger partial charge on any atom is -0.481 e. The first-order chi connectivity index (χ1) is 14.4. The standard InChI is InChI=1S/C24H34O7/c1-12-8-16-15-5-4-13-9-14(25)6-7-22(13,2)20(15)18(27)11-23(16,3)24(12,31)21(30)17(26)10-19(28)29/h12-13,15-17,20,26,31H,4-11H2,1-3H3,(H,28,29)/t12?,13?,15-,16-,17?,20+,22-,23-,24-/m0/s1. The summed E-state index contributed by atoms with van der Waals surface area (Å²) in [6.07, 6.45) is 1.45. The van der Waals surface area contributed by atoms with E-state index >= 15 is 0 Å². The molecule has 4 aliphatic rings. The Morgan fingerprint density at radius 3 is 2.52 bits per heavy atom. The fourth-order valence-electron chi connectivity index (χ4n) is 8.23. The van der Waals surface area contributed by atoms with Crippen molar-refractivity contribution in [3.8, 4) is 0 Å². The Balaban J connectivity index is 1.70. The van der Waals surface area contributed by atoms with Gasteiger partial charge in [-0.2, -0.15) is 0 Å². The summed E-state index contributed by atoms with van der Waals surface area (Å²) < 4.78 is 0. The molecule has 4 fully saturated rings. The van der Waals surface area contributed by atoms with Crippen molar-refractivity contribution in [2.45, 2.75) is 83.8 Å². The van der Waals surface area contributed by atoms with E-state index in [4.69, 9.17) is 5.11 Å². The summed E-state index contributed by atoms with van der Waals surface area (Å²) in [6, 6.07) is 0. The lowest BCUT2D eigenvalue weighted by molar-refractivity contribution is -0.185. The Morgan fingerprint density at radius 1 is 1.19 bits per heavy atom. The van der Waals surface area contributed by atoms with Crippen molar-refractivity contribution in [1.82, 2.24) is 0 Å². The molecule has 0 radical (unpaired) electrons. The van der Waals surface area contributed by atoms with Crippen molar-refractivity contribution >= 4 is 23.3 Å². The molecule has 0 saturated heterocycles. The average Bonchev–Trinajstić information content (AvgIpc) is 2.88. The van der Waals surface area contributed by atoms with Crippen LogP contribution >= 0.6 is 0 Å². The smallest absolute Gasteiger partial charge is 0.306 e. The number of hydrogen-bond acceptors (Lipinski definition) is 6. The van der Waals surface area contributed by atoms with Crippen LogP contribution in [0.5, 0.6) is 0 Å². The number of rotatable bonds is 4. The van der Waals surface area contributed by atoms with Gasteiger partial charge < -0.3 is 15.3 Å². The number of carboxylic acid groups (broad SMARTS) is 1. The van der Waals surface area contributed by atoms with Gasteiger partial charge in [-0.3, -0.25) is 19.2 Å². The molecule has 0 aromatic carbocycles. The fraction of sp³-hybridized carbons (Fsp3) is 0.833. The maximum atomic E-state index is 13.6. The molecule has 4 aliphatic carbocycles. The molecule has 0 aromatic rings. The van der Waals surface area contributed by atoms with Gasteiger partial charge in [0.25, 0.3) is 0 Å². The van der Waals surface area contributed by atoms with E-state index in [0.717, 1.165) is 12.8 Å². The number of fused-ring (bicyclic) bond motifs is 5. The van der Waals surface area contributed by atoms with E-state index in [1.807, 2.05) is 0 Å². The van der Waals surface area contributed by atoms with Crippen LogP contribution in [0.1, 0.15) is 72.1 Å². The average molecular weight is 435 g/mol. The van der Waals surface area contributed by atoms with Crippen LogP contribution in [0, 0.1) is 40.4 Å². The Morgan fingerprint density at radius 2 is 1.87 bits per heavy atom. The summed E-state index contributed by atoms with van der Waals surface area (Å²) in [6.45, 7) is 5.69. The first-order valence-electron chi connectivity index (χ1n) is 11.6. The molecule has 0 spiro atoms. The number of hydrogen-bond donors (Lipinski definition) is 3. The molecule has 0 aliphatic heterocycles. The number of aliphatic hydroxyl groups is 2. The van der Waals surface area contributed by atoms with Crippen LogP contribution in [0.3, 0.4) is 0 Å². The van der Waals surface area contributed by atoms with E-state index in [0.29, 0.717) is 25.7 Å². The molecule has 0 amide bonds. The zero-order chi connectivity index (χ0) is 22.9. The molecule has 4 saturated carbocycles. The second-order valence-corrected chi connectivity index (χ2v) is 11.2. The summed E-state index contributed by atoms with van der Waals surface area (Å²) in [4.78, 5) is 49.9. The van der Waals surface area contributed by atoms with Crippen molar-refractivity contribution in [2.75, 3.05) is 0 Å². The molecule has 0 aromatic heterocycles. The van der Waals surface area contributed by atoms with Crippen molar-refractivity contribution in [3.63, 3.8) is 0 Å². The largest absolute Gasteiger partial charge is 0.481 e. The minimum atomic E-state index is -1.94. The van der Waals surface area contributed by atoms with Gasteiger partial charge in [0.1, 0.15) is 23.3 Å². The Labute approximate surface area is 182 Å². The maximum Gasteiger partial charge on any atom is 0.306 e.